The van der Waals surface area contributed by atoms with Gasteiger partial charge in [-0.15, -0.1) is 0 Å². The maximum absolute atomic E-state index is 12.9. The molecule has 1 aliphatic carbocycles. The van der Waals surface area contributed by atoms with Crippen molar-refractivity contribution in [3.05, 3.63) is 50.3 Å². The lowest BCUT2D eigenvalue weighted by Crippen LogP contribution is -2.40. The molecular formula is C19H21N3O4. The first-order valence-electron chi connectivity index (χ1n) is 9.05. The molecule has 2 aromatic rings. The van der Waals surface area contributed by atoms with Crippen molar-refractivity contribution >= 4 is 11.6 Å². The van der Waals surface area contributed by atoms with Crippen LogP contribution >= 0.6 is 0 Å². The van der Waals surface area contributed by atoms with Crippen molar-refractivity contribution in [1.29, 1.82) is 0 Å². The first-order chi connectivity index (χ1) is 12.6. The van der Waals surface area contributed by atoms with Gasteiger partial charge in [0.25, 0.3) is 11.5 Å². The van der Waals surface area contributed by atoms with Crippen molar-refractivity contribution in [3.8, 4) is 11.4 Å². The standard InChI is InChI=1S/C19H21N3O4/c1-2-9-21-15-10-12(7-8-16(15)26-11-17(21)23)22-18(24)13-5-3-4-6-14(13)20-19(22)25/h7-8,10H,2-6,9,11H2,1H3,(H,20,25). The van der Waals surface area contributed by atoms with E-state index in [2.05, 4.69) is 4.98 Å². The second-order valence-corrected chi connectivity index (χ2v) is 6.72. The zero-order valence-corrected chi connectivity index (χ0v) is 14.7. The summed E-state index contributed by atoms with van der Waals surface area (Å²) < 4.78 is 6.65. The molecule has 0 spiro atoms. The van der Waals surface area contributed by atoms with Gasteiger partial charge in [0.15, 0.2) is 6.61 Å². The summed E-state index contributed by atoms with van der Waals surface area (Å²) in [4.78, 5) is 42.1. The second-order valence-electron chi connectivity index (χ2n) is 6.72. The molecule has 2 aliphatic rings. The molecule has 0 saturated heterocycles. The smallest absolute Gasteiger partial charge is 0.333 e. The monoisotopic (exact) mass is 355 g/mol. The number of H-pyrrole nitrogens is 1. The predicted octanol–water partition coefficient (Wildman–Crippen LogP) is 1.54. The van der Waals surface area contributed by atoms with E-state index in [1.54, 1.807) is 23.1 Å². The van der Waals surface area contributed by atoms with Gasteiger partial charge >= 0.3 is 5.69 Å². The van der Waals surface area contributed by atoms with Crippen molar-refractivity contribution in [2.24, 2.45) is 0 Å². The Morgan fingerprint density at radius 3 is 2.77 bits per heavy atom. The Morgan fingerprint density at radius 1 is 1.15 bits per heavy atom. The van der Waals surface area contributed by atoms with Gasteiger partial charge in [-0.25, -0.2) is 9.36 Å². The molecule has 0 fully saturated rings. The Hall–Kier alpha value is -2.83. The van der Waals surface area contributed by atoms with Crippen LogP contribution in [0.4, 0.5) is 5.69 Å². The average Bonchev–Trinajstić information content (AvgIpc) is 2.64. The van der Waals surface area contributed by atoms with Crippen LogP contribution in [0.1, 0.15) is 37.4 Å². The summed E-state index contributed by atoms with van der Waals surface area (Å²) in [7, 11) is 0. The largest absolute Gasteiger partial charge is 0.482 e. The van der Waals surface area contributed by atoms with Gasteiger partial charge in [-0.1, -0.05) is 6.92 Å². The number of hydrogen-bond acceptors (Lipinski definition) is 4. The van der Waals surface area contributed by atoms with Crippen molar-refractivity contribution in [1.82, 2.24) is 9.55 Å². The predicted molar refractivity (Wildman–Crippen MR) is 97.4 cm³/mol. The van der Waals surface area contributed by atoms with Gasteiger partial charge in [0, 0.05) is 17.8 Å². The number of rotatable bonds is 3. The zero-order valence-electron chi connectivity index (χ0n) is 14.7. The summed E-state index contributed by atoms with van der Waals surface area (Å²) in [6, 6.07) is 5.09. The van der Waals surface area contributed by atoms with Crippen LogP contribution < -0.4 is 20.9 Å². The van der Waals surface area contributed by atoms with E-state index in [-0.39, 0.29) is 18.1 Å². The number of nitrogens with one attached hydrogen (secondary N) is 1. The van der Waals surface area contributed by atoms with E-state index >= 15 is 0 Å². The lowest BCUT2D eigenvalue weighted by atomic mass is 9.97. The lowest BCUT2D eigenvalue weighted by Gasteiger charge is -2.29. The molecule has 1 aromatic carbocycles. The fourth-order valence-corrected chi connectivity index (χ4v) is 3.72. The topological polar surface area (TPSA) is 84.4 Å². The summed E-state index contributed by atoms with van der Waals surface area (Å²) in [6.07, 6.45) is 4.15. The maximum Gasteiger partial charge on any atom is 0.333 e. The number of carbonyl (C=O) groups excluding carboxylic acids is 1. The van der Waals surface area contributed by atoms with E-state index in [1.807, 2.05) is 6.92 Å². The third-order valence-corrected chi connectivity index (χ3v) is 4.98. The number of fused-ring (bicyclic) bond motifs is 2. The van der Waals surface area contributed by atoms with Crippen molar-refractivity contribution in [2.45, 2.75) is 39.0 Å². The highest BCUT2D eigenvalue weighted by Gasteiger charge is 2.26. The average molecular weight is 355 g/mol. The number of aromatic nitrogens is 2. The molecule has 1 aliphatic heterocycles. The summed E-state index contributed by atoms with van der Waals surface area (Å²) in [5.74, 6) is 0.465. The number of hydrogen-bond donors (Lipinski definition) is 1. The van der Waals surface area contributed by atoms with Crippen LogP contribution in [0.3, 0.4) is 0 Å². The van der Waals surface area contributed by atoms with E-state index in [9.17, 15) is 14.4 Å². The highest BCUT2D eigenvalue weighted by Crippen LogP contribution is 2.33. The van der Waals surface area contributed by atoms with Gasteiger partial charge in [-0.3, -0.25) is 9.59 Å². The van der Waals surface area contributed by atoms with Gasteiger partial charge in [0.05, 0.1) is 11.4 Å². The molecule has 136 valence electrons. The highest BCUT2D eigenvalue weighted by molar-refractivity contribution is 5.98. The molecule has 2 heterocycles. The molecule has 7 nitrogen and oxygen atoms in total. The number of anilines is 1. The Balaban J connectivity index is 1.87. The molecule has 0 unspecified atom stereocenters. The Kier molecular flexibility index (Phi) is 4.14. The molecule has 1 amide bonds. The van der Waals surface area contributed by atoms with Crippen molar-refractivity contribution in [3.63, 3.8) is 0 Å². The van der Waals surface area contributed by atoms with Gasteiger partial charge in [-0.05, 0) is 50.3 Å². The molecule has 0 atom stereocenters. The minimum Gasteiger partial charge on any atom is -0.482 e. The van der Waals surface area contributed by atoms with Gasteiger partial charge < -0.3 is 14.6 Å². The molecule has 1 N–H and O–H groups in total. The number of benzene rings is 1. The third kappa shape index (κ3) is 2.64. The second kappa shape index (κ2) is 6.48. The summed E-state index contributed by atoms with van der Waals surface area (Å²) in [5, 5.41) is 0. The van der Waals surface area contributed by atoms with E-state index in [1.165, 1.54) is 0 Å². The molecule has 7 heteroatoms. The first kappa shape index (κ1) is 16.6. The van der Waals surface area contributed by atoms with Crippen LogP contribution in [0.5, 0.6) is 5.75 Å². The third-order valence-electron chi connectivity index (χ3n) is 4.98. The minimum absolute atomic E-state index is 0.00568. The first-order valence-corrected chi connectivity index (χ1v) is 9.05. The molecule has 1 aromatic heterocycles. The molecule has 26 heavy (non-hydrogen) atoms. The number of aromatic amines is 1. The van der Waals surface area contributed by atoms with Gasteiger partial charge in [-0.2, -0.15) is 0 Å². The Labute approximate surface area is 150 Å². The minimum atomic E-state index is -0.444. The fourth-order valence-electron chi connectivity index (χ4n) is 3.72. The lowest BCUT2D eigenvalue weighted by molar-refractivity contribution is -0.121. The number of amides is 1. The fraction of sp³-hybridized carbons (Fsp3) is 0.421. The van der Waals surface area contributed by atoms with Crippen LogP contribution in [-0.2, 0) is 17.6 Å². The van der Waals surface area contributed by atoms with E-state index in [4.69, 9.17) is 4.74 Å². The molecule has 0 saturated carbocycles. The number of aryl methyl sites for hydroxylation is 1. The molecular weight excluding hydrogens is 334 g/mol. The summed E-state index contributed by atoms with van der Waals surface area (Å²) in [6.45, 7) is 2.56. The zero-order chi connectivity index (χ0) is 18.3. The molecule has 0 radical (unpaired) electrons. The van der Waals surface area contributed by atoms with Crippen LogP contribution in [0, 0.1) is 0 Å². The highest BCUT2D eigenvalue weighted by atomic mass is 16.5. The van der Waals surface area contributed by atoms with Gasteiger partial charge in [0.1, 0.15) is 5.75 Å². The van der Waals surface area contributed by atoms with Gasteiger partial charge in [0.2, 0.25) is 0 Å². The van der Waals surface area contributed by atoms with E-state index < -0.39 is 5.69 Å². The van der Waals surface area contributed by atoms with Crippen LogP contribution in [0.25, 0.3) is 5.69 Å². The molecule has 4 rings (SSSR count). The van der Waals surface area contributed by atoms with Crippen LogP contribution in [-0.4, -0.2) is 28.6 Å². The van der Waals surface area contributed by atoms with E-state index in [0.29, 0.717) is 35.7 Å². The summed E-state index contributed by atoms with van der Waals surface area (Å²) in [5.41, 5.74) is 1.78. The van der Waals surface area contributed by atoms with Crippen molar-refractivity contribution in [2.75, 3.05) is 18.1 Å². The Bertz CT molecular complexity index is 989. The molecule has 0 bridgehead atoms. The number of carbonyl (C=O) groups is 1. The van der Waals surface area contributed by atoms with E-state index in [0.717, 1.165) is 35.9 Å². The van der Waals surface area contributed by atoms with Crippen LogP contribution in [0.15, 0.2) is 27.8 Å². The van der Waals surface area contributed by atoms with Crippen molar-refractivity contribution < 1.29 is 9.53 Å². The quantitative estimate of drug-likeness (QED) is 0.905. The maximum atomic E-state index is 12.9. The summed E-state index contributed by atoms with van der Waals surface area (Å²) >= 11 is 0. The number of ether oxygens (including phenoxy) is 1. The Morgan fingerprint density at radius 2 is 1.96 bits per heavy atom. The number of nitrogens with zero attached hydrogens (tertiary/aromatic N) is 2. The SMILES string of the molecule is CCCN1C(=O)COc2ccc(-n3c(=O)[nH]c4c(c3=O)CCCC4)cc21. The van der Waals surface area contributed by atoms with Crippen LogP contribution in [0.2, 0.25) is 0 Å². The normalized spacial score (nSPS) is 16.0.